The molecule has 0 rings (SSSR count). The Labute approximate surface area is 87.2 Å². The van der Waals surface area contributed by atoms with Crippen LogP contribution in [0.5, 0.6) is 0 Å². The molecule has 0 saturated carbocycles. The zero-order valence-electron chi connectivity index (χ0n) is 11.0. The Morgan fingerprint density at radius 2 is 2.25 bits per heavy atom. The fourth-order valence-electron chi connectivity index (χ4n) is 0.112. The van der Waals surface area contributed by atoms with Crippen LogP contribution < -0.4 is 17.0 Å². The van der Waals surface area contributed by atoms with E-state index in [1.54, 1.807) is 0 Å². The molecular formula is C5H12BrMgN. The van der Waals surface area contributed by atoms with Crippen LogP contribution in [0, 0.1) is 6.88 Å². The molecule has 0 spiro atoms. The van der Waals surface area contributed by atoms with Crippen molar-refractivity contribution in [1.29, 1.82) is 0 Å². The maximum Gasteiger partial charge on any atom is 2.00 e. The molecule has 0 aromatic rings. The minimum absolute atomic E-state index is 0. The molecule has 0 fully saturated rings. The van der Waals surface area contributed by atoms with Gasteiger partial charge >= 0.3 is 23.1 Å². The van der Waals surface area contributed by atoms with Gasteiger partial charge in [-0.05, 0) is 23.3 Å². The van der Waals surface area contributed by atoms with Crippen molar-refractivity contribution in [2.24, 2.45) is 0 Å². The van der Waals surface area contributed by atoms with E-state index in [0.29, 0.717) is 0 Å². The van der Waals surface area contributed by atoms with Gasteiger partial charge in [0.2, 0.25) is 0 Å². The number of hydrogen-bond donors (Lipinski definition) is 0. The Balaban J connectivity index is -0.000000605. The maximum atomic E-state index is 7.27. The van der Waals surface area contributed by atoms with Crippen molar-refractivity contribution >= 4 is 23.1 Å². The first-order valence-corrected chi connectivity index (χ1v) is 1.62. The predicted molar refractivity (Wildman–Crippen MR) is 34.3 cm³/mol. The maximum absolute atomic E-state index is 7.27. The summed E-state index contributed by atoms with van der Waals surface area (Å²) in [5.41, 5.74) is 0. The van der Waals surface area contributed by atoms with Gasteiger partial charge in [-0.3, -0.25) is 0 Å². The molecule has 0 aromatic heterocycles. The van der Waals surface area contributed by atoms with Crippen molar-refractivity contribution < 1.29 is 25.2 Å². The second-order valence-corrected chi connectivity index (χ2v) is 1.13. The number of hydrogen-bond acceptors (Lipinski definition) is 1. The van der Waals surface area contributed by atoms with Crippen LogP contribution in [0.25, 0.3) is 0 Å². The van der Waals surface area contributed by atoms with E-state index in [4.69, 9.17) is 8.22 Å². The molecule has 0 bridgehead atoms. The molecule has 0 aliphatic rings. The molecule has 0 aliphatic carbocycles. The van der Waals surface area contributed by atoms with Crippen LogP contribution in [0.4, 0.5) is 0 Å². The summed E-state index contributed by atoms with van der Waals surface area (Å²) in [6, 6.07) is 0. The molecular weight excluding hydrogens is 178 g/mol. The van der Waals surface area contributed by atoms with E-state index >= 15 is 0 Å². The Hall–Kier alpha value is 1.21. The zero-order chi connectivity index (χ0) is 10.2. The molecule has 0 atom stereocenters. The van der Waals surface area contributed by atoms with Crippen molar-refractivity contribution in [3.8, 4) is 0 Å². The van der Waals surface area contributed by atoms with E-state index in [-0.39, 0.29) is 40.0 Å². The third kappa shape index (κ3) is 15.7. The van der Waals surface area contributed by atoms with Crippen molar-refractivity contribution in [3.05, 3.63) is 6.88 Å². The average Bonchev–Trinajstić information content (AvgIpc) is 1.86. The molecule has 0 N–H and O–H groups in total. The van der Waals surface area contributed by atoms with Crippen LogP contribution in [0.1, 0.15) is 14.6 Å². The molecule has 0 aliphatic heterocycles. The second kappa shape index (κ2) is 11.1. The number of halogens is 1. The smallest absolute Gasteiger partial charge is 1.00 e. The molecule has 1 nitrogen and oxygen atoms in total. The van der Waals surface area contributed by atoms with Gasteiger partial charge in [0.15, 0.2) is 0 Å². The summed E-state index contributed by atoms with van der Waals surface area (Å²) in [6.45, 7) is -3.38. The number of nitrogens with zero attached hydrogens (tertiary/aromatic N) is 1. The molecule has 8 heavy (non-hydrogen) atoms. The summed E-state index contributed by atoms with van der Waals surface area (Å²) in [7, 11) is 2.72. The van der Waals surface area contributed by atoms with Crippen molar-refractivity contribution in [3.63, 3.8) is 0 Å². The predicted octanol–water partition coefficient (Wildman–Crippen LogP) is -2.60. The van der Waals surface area contributed by atoms with E-state index < -0.39 is 19.7 Å². The Bertz CT molecular complexity index is 146. The topological polar surface area (TPSA) is 3.24 Å². The summed E-state index contributed by atoms with van der Waals surface area (Å²) in [6.07, 6.45) is -2.57. The normalized spacial score (nSPS) is 22.5. The van der Waals surface area contributed by atoms with Gasteiger partial charge in [-0.15, -0.1) is 0 Å². The summed E-state index contributed by atoms with van der Waals surface area (Å²) in [5, 5.41) is 0. The van der Waals surface area contributed by atoms with Gasteiger partial charge < -0.3 is 28.8 Å². The van der Waals surface area contributed by atoms with Crippen molar-refractivity contribution in [2.45, 2.75) is 6.37 Å². The molecule has 3 heteroatoms. The van der Waals surface area contributed by atoms with E-state index in [1.165, 1.54) is 14.1 Å². The first kappa shape index (κ1) is 4.16. The van der Waals surface area contributed by atoms with E-state index in [1.807, 2.05) is 0 Å². The molecule has 0 unspecified atom stereocenters. The fourth-order valence-corrected chi connectivity index (χ4v) is 0.112. The molecule has 0 aromatic carbocycles. The molecule has 0 heterocycles. The van der Waals surface area contributed by atoms with Crippen LogP contribution in [0.3, 0.4) is 0 Å². The summed E-state index contributed by atoms with van der Waals surface area (Å²) >= 11 is 0. The van der Waals surface area contributed by atoms with E-state index in [9.17, 15) is 0 Å². The monoisotopic (exact) mass is 195 g/mol. The Kier molecular flexibility index (Phi) is 5.75. The largest absolute Gasteiger partial charge is 2.00 e. The van der Waals surface area contributed by atoms with Gasteiger partial charge in [0.25, 0.3) is 0 Å². The van der Waals surface area contributed by atoms with Crippen LogP contribution in [0.2, 0.25) is 0 Å². The van der Waals surface area contributed by atoms with Crippen molar-refractivity contribution in [2.75, 3.05) is 20.6 Å². The van der Waals surface area contributed by atoms with Gasteiger partial charge in [-0.2, -0.15) is 6.37 Å². The fraction of sp³-hybridized carbons (Fsp3) is 0.800. The van der Waals surface area contributed by atoms with E-state index in [0.717, 1.165) is 4.90 Å². The molecule has 0 amide bonds. The SMILES string of the molecule is [2H][C-]([2H])C([2H])([2H])C([2H])([2H])N(C)C.[Br-].[Mg+2]. The minimum Gasteiger partial charge on any atom is -1.00 e. The third-order valence-electron chi connectivity index (χ3n) is 0.280. The summed E-state index contributed by atoms with van der Waals surface area (Å²) < 4.78 is 42.4. The molecule has 0 saturated heterocycles. The van der Waals surface area contributed by atoms with Gasteiger partial charge in [-0.1, -0.05) is 0 Å². The standard InChI is InChI=1S/C5H12N.BrH.Mg/c1-4-5-6(2)3;;/h1,4-5H2,2-3H3;1H;/q-1;;+2/p-1/i1D2,4D2,5D2;;. The van der Waals surface area contributed by atoms with Crippen LogP contribution >= 0.6 is 0 Å². The summed E-state index contributed by atoms with van der Waals surface area (Å²) in [5.74, 6) is 0. The molecule has 0 radical (unpaired) electrons. The number of rotatable bonds is 3. The Morgan fingerprint density at radius 1 is 1.75 bits per heavy atom. The minimum atomic E-state index is -2.57. The third-order valence-corrected chi connectivity index (χ3v) is 0.280. The summed E-state index contributed by atoms with van der Waals surface area (Å²) in [4.78, 5) is 1.01. The zero-order valence-corrected chi connectivity index (χ0v) is 8.03. The van der Waals surface area contributed by atoms with Gasteiger partial charge in [0, 0.05) is 2.74 Å². The van der Waals surface area contributed by atoms with Crippen molar-refractivity contribution in [1.82, 2.24) is 4.90 Å². The second-order valence-electron chi connectivity index (χ2n) is 1.13. The first-order chi connectivity index (χ1) is 5.14. The first-order valence-electron chi connectivity index (χ1n) is 4.62. The average molecular weight is 196 g/mol. The Morgan fingerprint density at radius 3 is 2.38 bits per heavy atom. The van der Waals surface area contributed by atoms with Crippen LogP contribution in [-0.2, 0) is 0 Å². The molecule has 46 valence electrons. The van der Waals surface area contributed by atoms with Gasteiger partial charge in [0.05, 0.1) is 0 Å². The van der Waals surface area contributed by atoms with Crippen LogP contribution in [-0.4, -0.2) is 48.5 Å². The van der Waals surface area contributed by atoms with Gasteiger partial charge in [0.1, 0.15) is 0 Å². The quantitative estimate of drug-likeness (QED) is 0.353. The van der Waals surface area contributed by atoms with Crippen LogP contribution in [0.15, 0.2) is 0 Å². The van der Waals surface area contributed by atoms with Gasteiger partial charge in [-0.25, -0.2) is 2.74 Å². The van der Waals surface area contributed by atoms with E-state index in [2.05, 4.69) is 0 Å².